The van der Waals surface area contributed by atoms with Crippen LogP contribution in [0.15, 0.2) is 47.8 Å². The second kappa shape index (κ2) is 6.36. The van der Waals surface area contributed by atoms with Crippen LogP contribution in [0, 0.1) is 5.92 Å². The number of pyridine rings is 1. The topological polar surface area (TPSA) is 33.2 Å². The Morgan fingerprint density at radius 3 is 2.79 bits per heavy atom. The summed E-state index contributed by atoms with van der Waals surface area (Å²) >= 11 is 1.65. The van der Waals surface area contributed by atoms with E-state index in [9.17, 15) is 4.79 Å². The lowest BCUT2D eigenvalue weighted by molar-refractivity contribution is 0.0759. The molecule has 0 N–H and O–H groups in total. The summed E-state index contributed by atoms with van der Waals surface area (Å²) in [5, 5.41) is 2.98. The number of thiophene rings is 1. The van der Waals surface area contributed by atoms with Crippen LogP contribution in [0.25, 0.3) is 21.5 Å². The van der Waals surface area contributed by atoms with E-state index in [1.54, 1.807) is 11.3 Å². The Balaban J connectivity index is 1.81. The summed E-state index contributed by atoms with van der Waals surface area (Å²) in [6, 6.07) is 14.0. The minimum atomic E-state index is 0.126. The molecule has 3 aromatic rings. The van der Waals surface area contributed by atoms with Crippen molar-refractivity contribution in [1.82, 2.24) is 9.88 Å². The van der Waals surface area contributed by atoms with Gasteiger partial charge in [0.15, 0.2) is 0 Å². The first-order valence-electron chi connectivity index (χ1n) is 8.49. The molecule has 1 amide bonds. The molecule has 2 heterocycles. The van der Waals surface area contributed by atoms with Gasteiger partial charge in [0.2, 0.25) is 0 Å². The normalized spacial score (nSPS) is 14.0. The fourth-order valence-corrected chi connectivity index (χ4v) is 3.73. The molecule has 4 rings (SSSR count). The number of hydrogen-bond acceptors (Lipinski definition) is 3. The van der Waals surface area contributed by atoms with Crippen LogP contribution >= 0.6 is 11.3 Å². The lowest BCUT2D eigenvalue weighted by Gasteiger charge is -2.22. The van der Waals surface area contributed by atoms with Crippen molar-refractivity contribution >= 4 is 28.1 Å². The number of rotatable bonds is 5. The molecule has 24 heavy (non-hydrogen) atoms. The van der Waals surface area contributed by atoms with E-state index in [-0.39, 0.29) is 5.91 Å². The molecule has 1 fully saturated rings. The van der Waals surface area contributed by atoms with Gasteiger partial charge in [-0.05, 0) is 49.3 Å². The summed E-state index contributed by atoms with van der Waals surface area (Å²) in [4.78, 5) is 21.0. The van der Waals surface area contributed by atoms with E-state index < -0.39 is 0 Å². The second-order valence-corrected chi connectivity index (χ2v) is 7.28. The molecule has 1 aliphatic carbocycles. The molecule has 1 aliphatic rings. The predicted molar refractivity (Wildman–Crippen MR) is 99.4 cm³/mol. The van der Waals surface area contributed by atoms with Gasteiger partial charge in [-0.3, -0.25) is 4.79 Å². The van der Waals surface area contributed by atoms with Crippen LogP contribution in [-0.4, -0.2) is 28.9 Å². The zero-order chi connectivity index (χ0) is 16.5. The first kappa shape index (κ1) is 15.3. The fourth-order valence-electron chi connectivity index (χ4n) is 3.04. The Morgan fingerprint density at radius 2 is 2.08 bits per heavy atom. The van der Waals surface area contributed by atoms with Crippen molar-refractivity contribution in [1.29, 1.82) is 0 Å². The first-order chi connectivity index (χ1) is 11.8. The van der Waals surface area contributed by atoms with Crippen molar-refractivity contribution in [2.45, 2.75) is 19.8 Å². The Labute approximate surface area is 146 Å². The van der Waals surface area contributed by atoms with Crippen molar-refractivity contribution in [2.75, 3.05) is 13.1 Å². The predicted octanol–water partition coefficient (Wildman–Crippen LogP) is 4.84. The summed E-state index contributed by atoms with van der Waals surface area (Å²) in [6.07, 6.45) is 2.50. The van der Waals surface area contributed by atoms with Gasteiger partial charge < -0.3 is 4.90 Å². The number of amides is 1. The summed E-state index contributed by atoms with van der Waals surface area (Å²) in [7, 11) is 0. The zero-order valence-electron chi connectivity index (χ0n) is 13.7. The third-order valence-corrected chi connectivity index (χ3v) is 5.46. The van der Waals surface area contributed by atoms with Crippen molar-refractivity contribution in [2.24, 2.45) is 5.92 Å². The van der Waals surface area contributed by atoms with Gasteiger partial charge in [0.05, 0.1) is 21.7 Å². The van der Waals surface area contributed by atoms with E-state index in [1.165, 1.54) is 12.8 Å². The maximum atomic E-state index is 13.2. The van der Waals surface area contributed by atoms with Gasteiger partial charge in [0.25, 0.3) is 5.91 Å². The molecule has 3 nitrogen and oxygen atoms in total. The summed E-state index contributed by atoms with van der Waals surface area (Å²) < 4.78 is 0. The van der Waals surface area contributed by atoms with Crippen molar-refractivity contribution in [3.63, 3.8) is 0 Å². The monoisotopic (exact) mass is 336 g/mol. The number of aromatic nitrogens is 1. The van der Waals surface area contributed by atoms with Crippen LogP contribution in [0.3, 0.4) is 0 Å². The SMILES string of the molecule is CCN(CC1CC1)C(=O)c1cc(-c2cccs2)nc2ccccc12. The molecule has 0 atom stereocenters. The van der Waals surface area contributed by atoms with Gasteiger partial charge in [0, 0.05) is 18.5 Å². The van der Waals surface area contributed by atoms with Crippen LogP contribution < -0.4 is 0 Å². The zero-order valence-corrected chi connectivity index (χ0v) is 14.6. The summed E-state index contributed by atoms with van der Waals surface area (Å²) in [5.74, 6) is 0.819. The summed E-state index contributed by atoms with van der Waals surface area (Å²) in [5.41, 5.74) is 2.54. The average Bonchev–Trinajstić information content (AvgIpc) is 3.27. The molecular weight excluding hydrogens is 316 g/mol. The van der Waals surface area contributed by atoms with Crippen molar-refractivity contribution < 1.29 is 4.79 Å². The largest absolute Gasteiger partial charge is 0.339 e. The van der Waals surface area contributed by atoms with E-state index in [0.29, 0.717) is 5.92 Å². The molecule has 0 spiro atoms. The fraction of sp³-hybridized carbons (Fsp3) is 0.300. The first-order valence-corrected chi connectivity index (χ1v) is 9.37. The average molecular weight is 336 g/mol. The number of para-hydroxylation sites is 1. The maximum absolute atomic E-state index is 13.2. The Morgan fingerprint density at radius 1 is 1.25 bits per heavy atom. The molecule has 1 aromatic carbocycles. The van der Waals surface area contributed by atoms with E-state index in [0.717, 1.165) is 40.1 Å². The van der Waals surface area contributed by atoms with Crippen molar-refractivity contribution in [3.05, 3.63) is 53.4 Å². The quantitative estimate of drug-likeness (QED) is 0.668. The third kappa shape index (κ3) is 2.94. The number of carbonyl (C=O) groups is 1. The highest BCUT2D eigenvalue weighted by atomic mass is 32.1. The molecule has 1 saturated carbocycles. The highest BCUT2D eigenvalue weighted by Gasteiger charge is 2.27. The highest BCUT2D eigenvalue weighted by molar-refractivity contribution is 7.13. The van der Waals surface area contributed by atoms with Crippen LogP contribution in [-0.2, 0) is 0 Å². The van der Waals surface area contributed by atoms with E-state index in [1.807, 2.05) is 46.7 Å². The number of fused-ring (bicyclic) bond motifs is 1. The van der Waals surface area contributed by atoms with Crippen LogP contribution in [0.4, 0.5) is 0 Å². The van der Waals surface area contributed by atoms with E-state index in [2.05, 4.69) is 13.0 Å². The van der Waals surface area contributed by atoms with E-state index in [4.69, 9.17) is 4.98 Å². The standard InChI is InChI=1S/C20H20N2OS/c1-2-22(13-14-9-10-14)20(23)16-12-18(19-8-5-11-24-19)21-17-7-4-3-6-15(16)17/h3-8,11-12,14H,2,9-10,13H2,1H3. The number of carbonyl (C=O) groups excluding carboxylic acids is 1. The molecule has 0 aliphatic heterocycles. The van der Waals surface area contributed by atoms with Gasteiger partial charge in [-0.15, -0.1) is 11.3 Å². The Hall–Kier alpha value is -2.20. The number of benzene rings is 1. The van der Waals surface area contributed by atoms with Crippen LogP contribution in [0.5, 0.6) is 0 Å². The van der Waals surface area contributed by atoms with Crippen LogP contribution in [0.2, 0.25) is 0 Å². The second-order valence-electron chi connectivity index (χ2n) is 6.34. The van der Waals surface area contributed by atoms with Gasteiger partial charge in [-0.1, -0.05) is 24.3 Å². The molecule has 0 saturated heterocycles. The van der Waals surface area contributed by atoms with Crippen LogP contribution in [0.1, 0.15) is 30.1 Å². The molecule has 0 radical (unpaired) electrons. The molecule has 2 aromatic heterocycles. The van der Waals surface area contributed by atoms with Gasteiger partial charge in [-0.2, -0.15) is 0 Å². The summed E-state index contributed by atoms with van der Waals surface area (Å²) in [6.45, 7) is 3.68. The third-order valence-electron chi connectivity index (χ3n) is 4.56. The highest BCUT2D eigenvalue weighted by Crippen LogP contribution is 2.32. The number of hydrogen-bond donors (Lipinski definition) is 0. The van der Waals surface area contributed by atoms with Crippen molar-refractivity contribution in [3.8, 4) is 10.6 Å². The minimum Gasteiger partial charge on any atom is -0.339 e. The lowest BCUT2D eigenvalue weighted by Crippen LogP contribution is -2.32. The van der Waals surface area contributed by atoms with Gasteiger partial charge >= 0.3 is 0 Å². The molecule has 122 valence electrons. The smallest absolute Gasteiger partial charge is 0.254 e. The molecule has 4 heteroatoms. The molecule has 0 bridgehead atoms. The Bertz CT molecular complexity index is 868. The minimum absolute atomic E-state index is 0.126. The molecular formula is C20H20N2OS. The lowest BCUT2D eigenvalue weighted by atomic mass is 10.1. The van der Waals surface area contributed by atoms with Gasteiger partial charge in [-0.25, -0.2) is 4.98 Å². The van der Waals surface area contributed by atoms with Gasteiger partial charge in [0.1, 0.15) is 0 Å². The molecule has 0 unspecified atom stereocenters. The van der Waals surface area contributed by atoms with E-state index >= 15 is 0 Å². The number of nitrogens with zero attached hydrogens (tertiary/aromatic N) is 2. The maximum Gasteiger partial charge on any atom is 0.254 e. The Kier molecular flexibility index (Phi) is 4.07.